The summed E-state index contributed by atoms with van der Waals surface area (Å²) in [5, 5.41) is 2.95. The summed E-state index contributed by atoms with van der Waals surface area (Å²) in [5.74, 6) is 0.0951. The zero-order chi connectivity index (χ0) is 26.6. The van der Waals surface area contributed by atoms with Crippen molar-refractivity contribution < 1.29 is 23.9 Å². The summed E-state index contributed by atoms with van der Waals surface area (Å²) in [6, 6.07) is 13.6. The molecule has 9 heteroatoms. The van der Waals surface area contributed by atoms with E-state index in [4.69, 9.17) is 9.47 Å². The first kappa shape index (κ1) is 26.6. The van der Waals surface area contributed by atoms with Crippen LogP contribution in [0.2, 0.25) is 0 Å². The van der Waals surface area contributed by atoms with E-state index in [2.05, 4.69) is 5.32 Å². The van der Waals surface area contributed by atoms with Crippen LogP contribution in [0.1, 0.15) is 39.1 Å². The Morgan fingerprint density at radius 2 is 1.76 bits per heavy atom. The first-order chi connectivity index (χ1) is 17.7. The molecule has 37 heavy (non-hydrogen) atoms. The van der Waals surface area contributed by atoms with Gasteiger partial charge in [-0.1, -0.05) is 17.7 Å². The summed E-state index contributed by atoms with van der Waals surface area (Å²) >= 11 is 0. The summed E-state index contributed by atoms with van der Waals surface area (Å²) in [6.45, 7) is 4.08. The van der Waals surface area contributed by atoms with Crippen LogP contribution >= 0.6 is 0 Å². The van der Waals surface area contributed by atoms with Crippen molar-refractivity contribution >= 4 is 17.7 Å². The number of hydrogen-bond acceptors (Lipinski definition) is 6. The number of rotatable bonds is 7. The van der Waals surface area contributed by atoms with Crippen molar-refractivity contribution in [2.24, 2.45) is 0 Å². The van der Waals surface area contributed by atoms with E-state index in [1.54, 1.807) is 41.2 Å². The first-order valence-corrected chi connectivity index (χ1v) is 12.6. The van der Waals surface area contributed by atoms with Crippen LogP contribution < -0.4 is 10.1 Å². The predicted molar refractivity (Wildman–Crippen MR) is 140 cm³/mol. The van der Waals surface area contributed by atoms with Crippen molar-refractivity contribution in [3.8, 4) is 5.75 Å². The van der Waals surface area contributed by atoms with E-state index >= 15 is 0 Å². The Morgan fingerprint density at radius 3 is 2.38 bits per heavy atom. The third-order valence-electron chi connectivity index (χ3n) is 7.07. The molecule has 3 amide bonds. The van der Waals surface area contributed by atoms with Gasteiger partial charge in [0, 0.05) is 50.1 Å². The van der Waals surface area contributed by atoms with Crippen molar-refractivity contribution in [3.63, 3.8) is 0 Å². The second kappa shape index (κ2) is 11.3. The molecule has 0 radical (unpaired) electrons. The Hall–Kier alpha value is -3.43. The van der Waals surface area contributed by atoms with Crippen LogP contribution in [0, 0.1) is 6.92 Å². The lowest BCUT2D eigenvalue weighted by atomic mass is 9.96. The SMILES string of the molecule is COc1ccc(C(=O)N2C(C(=O)NCCN(C)C)COC23CCN(C(=O)c2cccc(C)c2)CC3)cc1. The second-order valence-electron chi connectivity index (χ2n) is 9.93. The van der Waals surface area contributed by atoms with Gasteiger partial charge in [0.25, 0.3) is 11.8 Å². The van der Waals surface area contributed by atoms with Crippen LogP contribution in [0.5, 0.6) is 5.75 Å². The van der Waals surface area contributed by atoms with Gasteiger partial charge in [0.05, 0.1) is 13.7 Å². The molecule has 198 valence electrons. The number of amides is 3. The number of benzene rings is 2. The van der Waals surface area contributed by atoms with Crippen LogP contribution in [0.3, 0.4) is 0 Å². The van der Waals surface area contributed by atoms with Gasteiger partial charge in [-0.05, 0) is 57.4 Å². The summed E-state index contributed by atoms with van der Waals surface area (Å²) in [5.41, 5.74) is 1.17. The largest absolute Gasteiger partial charge is 0.497 e. The van der Waals surface area contributed by atoms with E-state index in [1.165, 1.54) is 0 Å². The first-order valence-electron chi connectivity index (χ1n) is 12.6. The minimum Gasteiger partial charge on any atom is -0.497 e. The van der Waals surface area contributed by atoms with E-state index in [0.717, 1.165) is 5.56 Å². The van der Waals surface area contributed by atoms with E-state index in [-0.39, 0.29) is 24.3 Å². The maximum absolute atomic E-state index is 13.8. The minimum absolute atomic E-state index is 0.0393. The normalized spacial score (nSPS) is 18.8. The van der Waals surface area contributed by atoms with Crippen molar-refractivity contribution in [1.82, 2.24) is 20.0 Å². The van der Waals surface area contributed by atoms with Gasteiger partial charge in [0.1, 0.15) is 17.5 Å². The number of carbonyl (C=O) groups excluding carboxylic acids is 3. The molecular weight excluding hydrogens is 472 g/mol. The Labute approximate surface area is 218 Å². The minimum atomic E-state index is -0.954. The molecule has 1 spiro atoms. The van der Waals surface area contributed by atoms with E-state index in [1.807, 2.05) is 50.2 Å². The van der Waals surface area contributed by atoms with Crippen LogP contribution in [0.15, 0.2) is 48.5 Å². The highest BCUT2D eigenvalue weighted by Gasteiger charge is 2.54. The molecule has 2 aromatic rings. The zero-order valence-electron chi connectivity index (χ0n) is 22.0. The lowest BCUT2D eigenvalue weighted by molar-refractivity contribution is -0.128. The Morgan fingerprint density at radius 1 is 1.05 bits per heavy atom. The molecular formula is C28H36N4O5. The number of aryl methyl sites for hydroxylation is 1. The third-order valence-corrected chi connectivity index (χ3v) is 7.07. The molecule has 2 fully saturated rings. The monoisotopic (exact) mass is 508 g/mol. The van der Waals surface area contributed by atoms with Gasteiger partial charge < -0.3 is 24.6 Å². The van der Waals surface area contributed by atoms with Gasteiger partial charge in [-0.15, -0.1) is 0 Å². The molecule has 4 rings (SSSR count). The van der Waals surface area contributed by atoms with Crippen LogP contribution in [0.25, 0.3) is 0 Å². The second-order valence-corrected chi connectivity index (χ2v) is 9.93. The molecule has 9 nitrogen and oxygen atoms in total. The fourth-order valence-corrected chi connectivity index (χ4v) is 4.98. The number of hydrogen-bond donors (Lipinski definition) is 1. The van der Waals surface area contributed by atoms with Crippen molar-refractivity contribution in [2.45, 2.75) is 31.5 Å². The number of nitrogens with zero attached hydrogens (tertiary/aromatic N) is 3. The number of nitrogens with one attached hydrogen (secondary N) is 1. The quantitative estimate of drug-likeness (QED) is 0.617. The lowest BCUT2D eigenvalue weighted by Crippen LogP contribution is -2.60. The highest BCUT2D eigenvalue weighted by molar-refractivity contribution is 5.99. The highest BCUT2D eigenvalue weighted by atomic mass is 16.5. The fraction of sp³-hybridized carbons (Fsp3) is 0.464. The smallest absolute Gasteiger partial charge is 0.256 e. The molecule has 1 unspecified atom stereocenters. The Balaban J connectivity index is 1.55. The van der Waals surface area contributed by atoms with Gasteiger partial charge in [0.2, 0.25) is 5.91 Å². The number of ether oxygens (including phenoxy) is 2. The van der Waals surface area contributed by atoms with Gasteiger partial charge in [0.15, 0.2) is 0 Å². The number of likely N-dealkylation sites (N-methyl/N-ethyl adjacent to an activating group) is 1. The van der Waals surface area contributed by atoms with Crippen LogP contribution in [0.4, 0.5) is 0 Å². The third kappa shape index (κ3) is 5.78. The Kier molecular flexibility index (Phi) is 8.14. The number of likely N-dealkylation sites (tertiary alicyclic amines) is 1. The predicted octanol–water partition coefficient (Wildman–Crippen LogP) is 2.15. The van der Waals surface area contributed by atoms with Crippen molar-refractivity contribution in [2.75, 3.05) is 54.0 Å². The fourth-order valence-electron chi connectivity index (χ4n) is 4.98. The number of carbonyl (C=O) groups is 3. The standard InChI is InChI=1S/C28H36N4O5/c1-20-6-5-7-22(18-20)26(34)31-15-12-28(13-16-31)32(27(35)21-8-10-23(36-4)11-9-21)24(19-37-28)25(33)29-14-17-30(2)3/h5-11,18,24H,12-17,19H2,1-4H3,(H,29,33). The maximum atomic E-state index is 13.8. The Bertz CT molecular complexity index is 1130. The molecule has 2 aromatic carbocycles. The summed E-state index contributed by atoms with van der Waals surface area (Å²) < 4.78 is 11.5. The molecule has 1 N–H and O–H groups in total. The van der Waals surface area contributed by atoms with Crippen molar-refractivity contribution in [1.29, 1.82) is 0 Å². The average Bonchev–Trinajstić information content (AvgIpc) is 3.26. The van der Waals surface area contributed by atoms with Gasteiger partial charge in [-0.3, -0.25) is 19.3 Å². The van der Waals surface area contributed by atoms with Gasteiger partial charge in [-0.25, -0.2) is 0 Å². The lowest BCUT2D eigenvalue weighted by Gasteiger charge is -2.44. The van der Waals surface area contributed by atoms with Gasteiger partial charge >= 0.3 is 0 Å². The molecule has 2 aliphatic heterocycles. The van der Waals surface area contributed by atoms with Crippen LogP contribution in [-0.4, -0.2) is 98.2 Å². The molecule has 2 heterocycles. The molecule has 0 bridgehead atoms. The van der Waals surface area contributed by atoms with Crippen molar-refractivity contribution in [3.05, 3.63) is 65.2 Å². The average molecular weight is 509 g/mol. The molecule has 0 saturated carbocycles. The van der Waals surface area contributed by atoms with E-state index in [0.29, 0.717) is 55.9 Å². The topological polar surface area (TPSA) is 91.4 Å². The molecule has 2 aliphatic rings. The number of methoxy groups -OCH3 is 1. The molecule has 0 aromatic heterocycles. The summed E-state index contributed by atoms with van der Waals surface area (Å²) in [6.07, 6.45) is 0.849. The highest BCUT2D eigenvalue weighted by Crippen LogP contribution is 2.39. The van der Waals surface area contributed by atoms with E-state index < -0.39 is 11.8 Å². The molecule has 1 atom stereocenters. The molecule has 2 saturated heterocycles. The van der Waals surface area contributed by atoms with Gasteiger partial charge in [-0.2, -0.15) is 0 Å². The summed E-state index contributed by atoms with van der Waals surface area (Å²) in [7, 11) is 5.44. The molecule has 0 aliphatic carbocycles. The summed E-state index contributed by atoms with van der Waals surface area (Å²) in [4.78, 5) is 45.5. The van der Waals surface area contributed by atoms with E-state index in [9.17, 15) is 14.4 Å². The van der Waals surface area contributed by atoms with Crippen LogP contribution in [-0.2, 0) is 9.53 Å². The number of piperidine rings is 1. The zero-order valence-corrected chi connectivity index (χ0v) is 22.0. The maximum Gasteiger partial charge on any atom is 0.256 e.